The number of rotatable bonds is 4. The molecule has 0 aliphatic carbocycles. The van der Waals surface area contributed by atoms with Crippen molar-refractivity contribution in [2.75, 3.05) is 5.43 Å². The molecule has 1 aromatic heterocycles. The number of hydrogen-bond acceptors (Lipinski definition) is 6. The van der Waals surface area contributed by atoms with E-state index in [4.69, 9.17) is 29.0 Å². The van der Waals surface area contributed by atoms with Gasteiger partial charge >= 0.3 is 0 Å². The summed E-state index contributed by atoms with van der Waals surface area (Å²) in [5.74, 6) is 5.60. The molecule has 2 aromatic rings. The van der Waals surface area contributed by atoms with E-state index in [1.807, 2.05) is 0 Å². The number of non-ortho nitro benzene ring substituents is 1. The largest absolute Gasteiger partial charge is 0.307 e. The Bertz CT molecular complexity index is 652. The lowest BCUT2D eigenvalue weighted by atomic mass is 10.3. The van der Waals surface area contributed by atoms with Gasteiger partial charge in [-0.05, 0) is 18.2 Å². The van der Waals surface area contributed by atoms with Gasteiger partial charge in [0, 0.05) is 17.0 Å². The lowest BCUT2D eigenvalue weighted by Crippen LogP contribution is -2.09. The molecule has 0 unspecified atom stereocenters. The first-order valence-corrected chi connectivity index (χ1v) is 6.83. The van der Waals surface area contributed by atoms with E-state index < -0.39 is 4.92 Å². The predicted molar refractivity (Wildman–Crippen MR) is 79.3 cm³/mol. The maximum absolute atomic E-state index is 10.6. The van der Waals surface area contributed by atoms with Gasteiger partial charge in [0.2, 0.25) is 0 Å². The highest BCUT2D eigenvalue weighted by atomic mass is 35.5. The summed E-state index contributed by atoms with van der Waals surface area (Å²) in [5.41, 5.74) is 2.39. The minimum Gasteiger partial charge on any atom is -0.307 e. The van der Waals surface area contributed by atoms with Gasteiger partial charge in [0.1, 0.15) is 5.03 Å². The molecule has 9 heteroatoms. The molecule has 0 fully saturated rings. The zero-order chi connectivity index (χ0) is 14.7. The van der Waals surface area contributed by atoms with Gasteiger partial charge in [-0.2, -0.15) is 0 Å². The summed E-state index contributed by atoms with van der Waals surface area (Å²) in [6, 6.07) is 7.58. The number of hydrogen-bond donors (Lipinski definition) is 2. The topological polar surface area (TPSA) is 94.1 Å². The zero-order valence-corrected chi connectivity index (χ0v) is 12.2. The predicted octanol–water partition coefficient (Wildman–Crippen LogP) is 3.73. The molecule has 1 aromatic carbocycles. The van der Waals surface area contributed by atoms with Crippen LogP contribution in [0.25, 0.3) is 0 Å². The molecule has 2 rings (SSSR count). The number of anilines is 1. The van der Waals surface area contributed by atoms with Crippen LogP contribution >= 0.6 is 35.0 Å². The van der Waals surface area contributed by atoms with E-state index in [0.29, 0.717) is 20.9 Å². The number of benzene rings is 1. The van der Waals surface area contributed by atoms with Crippen molar-refractivity contribution in [1.82, 2.24) is 4.98 Å². The molecule has 0 bridgehead atoms. The number of nitro benzene ring substituents is 1. The van der Waals surface area contributed by atoms with Gasteiger partial charge in [0.15, 0.2) is 5.82 Å². The Kier molecular flexibility index (Phi) is 4.66. The molecule has 0 spiro atoms. The van der Waals surface area contributed by atoms with E-state index in [0.717, 1.165) is 4.90 Å². The summed E-state index contributed by atoms with van der Waals surface area (Å²) < 4.78 is 0. The number of nitro groups is 1. The molecule has 0 saturated heterocycles. The van der Waals surface area contributed by atoms with Crippen molar-refractivity contribution in [3.05, 3.63) is 50.5 Å². The van der Waals surface area contributed by atoms with E-state index in [9.17, 15) is 10.1 Å². The Morgan fingerprint density at radius 1 is 1.25 bits per heavy atom. The molecule has 0 amide bonds. The fourth-order valence-electron chi connectivity index (χ4n) is 1.37. The number of pyridine rings is 1. The highest BCUT2D eigenvalue weighted by molar-refractivity contribution is 7.99. The van der Waals surface area contributed by atoms with E-state index in [1.54, 1.807) is 12.1 Å². The van der Waals surface area contributed by atoms with Crippen LogP contribution in [0.3, 0.4) is 0 Å². The van der Waals surface area contributed by atoms with E-state index >= 15 is 0 Å². The minimum atomic E-state index is -0.460. The molecule has 104 valence electrons. The number of nitrogens with zero attached hydrogens (tertiary/aromatic N) is 2. The molecule has 0 atom stereocenters. The third-order valence-corrected chi connectivity index (χ3v) is 4.00. The van der Waals surface area contributed by atoms with Crippen molar-refractivity contribution in [3.8, 4) is 0 Å². The fourth-order valence-corrected chi connectivity index (χ4v) is 2.69. The molecule has 6 nitrogen and oxygen atoms in total. The highest BCUT2D eigenvalue weighted by Crippen LogP contribution is 2.35. The number of hydrazine groups is 1. The lowest BCUT2D eigenvalue weighted by Gasteiger charge is -2.07. The molecule has 0 aliphatic rings. The summed E-state index contributed by atoms with van der Waals surface area (Å²) >= 11 is 13.2. The van der Waals surface area contributed by atoms with Crippen LogP contribution in [0.2, 0.25) is 10.0 Å². The molecular formula is C11H8Cl2N4O2S. The van der Waals surface area contributed by atoms with Crippen LogP contribution < -0.4 is 11.3 Å². The average molecular weight is 331 g/mol. The normalized spacial score (nSPS) is 10.3. The van der Waals surface area contributed by atoms with Crippen molar-refractivity contribution < 1.29 is 4.92 Å². The number of nitrogens with one attached hydrogen (secondary N) is 1. The summed E-state index contributed by atoms with van der Waals surface area (Å²) in [6.45, 7) is 0. The number of nitrogens with two attached hydrogens (primary N) is 1. The first kappa shape index (κ1) is 14.9. The molecule has 20 heavy (non-hydrogen) atoms. The van der Waals surface area contributed by atoms with Crippen molar-refractivity contribution in [1.29, 1.82) is 0 Å². The quantitative estimate of drug-likeness (QED) is 0.504. The van der Waals surface area contributed by atoms with Gasteiger partial charge in [-0.15, -0.1) is 0 Å². The molecular weight excluding hydrogens is 323 g/mol. The summed E-state index contributed by atoms with van der Waals surface area (Å²) in [5, 5.41) is 11.8. The maximum Gasteiger partial charge on any atom is 0.269 e. The van der Waals surface area contributed by atoms with Crippen LogP contribution in [-0.2, 0) is 0 Å². The van der Waals surface area contributed by atoms with Crippen LogP contribution in [0.5, 0.6) is 0 Å². The van der Waals surface area contributed by atoms with Crippen LogP contribution in [0.4, 0.5) is 11.5 Å². The summed E-state index contributed by atoms with van der Waals surface area (Å²) in [6.07, 6.45) is 0. The van der Waals surface area contributed by atoms with Gasteiger partial charge < -0.3 is 5.43 Å². The molecule has 1 heterocycles. The van der Waals surface area contributed by atoms with Crippen molar-refractivity contribution in [3.63, 3.8) is 0 Å². The lowest BCUT2D eigenvalue weighted by molar-refractivity contribution is -0.384. The van der Waals surface area contributed by atoms with Crippen LogP contribution in [0.1, 0.15) is 0 Å². The second-order valence-electron chi connectivity index (χ2n) is 3.60. The first-order chi connectivity index (χ1) is 9.51. The van der Waals surface area contributed by atoms with Crippen molar-refractivity contribution in [2.45, 2.75) is 9.92 Å². The molecule has 0 saturated carbocycles. The van der Waals surface area contributed by atoms with Gasteiger partial charge in [-0.1, -0.05) is 35.0 Å². The Morgan fingerprint density at radius 3 is 2.45 bits per heavy atom. The number of aromatic nitrogens is 1. The minimum absolute atomic E-state index is 0.0221. The third-order valence-electron chi connectivity index (χ3n) is 2.30. The SMILES string of the molecule is NNc1nc(Sc2ccc([N+](=O)[O-])cc2)c(Cl)cc1Cl. The van der Waals surface area contributed by atoms with Gasteiger partial charge in [0.25, 0.3) is 5.69 Å². The molecule has 3 N–H and O–H groups in total. The molecule has 0 radical (unpaired) electrons. The monoisotopic (exact) mass is 330 g/mol. The second kappa shape index (κ2) is 6.27. The zero-order valence-electron chi connectivity index (χ0n) is 9.84. The van der Waals surface area contributed by atoms with Crippen LogP contribution in [-0.4, -0.2) is 9.91 Å². The van der Waals surface area contributed by atoms with E-state index in [2.05, 4.69) is 10.4 Å². The highest BCUT2D eigenvalue weighted by Gasteiger charge is 2.11. The Hall–Kier alpha value is -1.54. The Labute approximate surface area is 128 Å². The summed E-state index contributed by atoms with van der Waals surface area (Å²) in [4.78, 5) is 15.0. The van der Waals surface area contributed by atoms with E-state index in [-0.39, 0.29) is 5.69 Å². The van der Waals surface area contributed by atoms with Crippen molar-refractivity contribution in [2.24, 2.45) is 5.84 Å². The number of nitrogen functional groups attached to an aromatic ring is 1. The van der Waals surface area contributed by atoms with Crippen LogP contribution in [0.15, 0.2) is 40.3 Å². The van der Waals surface area contributed by atoms with Gasteiger partial charge in [-0.25, -0.2) is 10.8 Å². The average Bonchev–Trinajstić information content (AvgIpc) is 2.42. The standard InChI is InChI=1S/C11H8Cl2N4O2S/c12-8-5-9(13)11(15-10(8)16-14)20-7-3-1-6(2-4-7)17(18)19/h1-5H,14H2,(H,15,16). The molecule has 0 aliphatic heterocycles. The fraction of sp³-hybridized carbons (Fsp3) is 0. The van der Waals surface area contributed by atoms with Crippen LogP contribution in [0, 0.1) is 10.1 Å². The maximum atomic E-state index is 10.6. The van der Waals surface area contributed by atoms with Gasteiger partial charge in [0.05, 0.1) is 15.0 Å². The number of halogens is 2. The van der Waals surface area contributed by atoms with Gasteiger partial charge in [-0.3, -0.25) is 10.1 Å². The first-order valence-electron chi connectivity index (χ1n) is 5.26. The Morgan fingerprint density at radius 2 is 1.90 bits per heavy atom. The second-order valence-corrected chi connectivity index (χ2v) is 5.48. The summed E-state index contributed by atoms with van der Waals surface area (Å²) in [7, 11) is 0. The third kappa shape index (κ3) is 3.31. The Balaban J connectivity index is 2.27. The van der Waals surface area contributed by atoms with E-state index in [1.165, 1.54) is 30.0 Å². The van der Waals surface area contributed by atoms with Crippen molar-refractivity contribution >= 4 is 46.5 Å². The smallest absolute Gasteiger partial charge is 0.269 e.